The number of primary amides is 1. The van der Waals surface area contributed by atoms with Crippen LogP contribution in [0.3, 0.4) is 0 Å². The Hall–Kier alpha value is -4.28. The number of aromatic hydroxyl groups is 1. The van der Waals surface area contributed by atoms with Crippen LogP contribution in [0.15, 0.2) is 42.5 Å². The molecular weight excluding hydrogens is 576 g/mol. The number of carbonyl (C=O) groups is 4. The van der Waals surface area contributed by atoms with E-state index >= 15 is 0 Å². The standard InChI is InChI=1S/C34H50N4O7/c1-7-8-9-10-11-12-21-38(32(42)27(18-20-29(35)40)37-33(43)45-34(3,4)5)30(24-13-19-28(39)23(2)22-24)31(41)36-25-14-16-26(44-6)17-15-25/h13-17,19,22,27,30,39H,7-12,18,20-21H2,1-6H3,(H2,35,40)(H,36,41)(H,37,43). The molecule has 0 aliphatic heterocycles. The van der Waals surface area contributed by atoms with Gasteiger partial charge in [-0.25, -0.2) is 4.79 Å². The predicted molar refractivity (Wildman–Crippen MR) is 174 cm³/mol. The second kappa shape index (κ2) is 17.9. The SMILES string of the molecule is CCCCCCCCN(C(=O)C(CCC(N)=O)NC(=O)OC(C)(C)C)C(C(=O)Nc1ccc(OC)cc1)c1ccc(O)c(C)c1. The van der Waals surface area contributed by atoms with E-state index in [1.165, 1.54) is 11.0 Å². The Bertz CT molecular complexity index is 1270. The highest BCUT2D eigenvalue weighted by atomic mass is 16.6. The van der Waals surface area contributed by atoms with Crippen molar-refractivity contribution in [3.8, 4) is 11.5 Å². The Kier molecular flexibility index (Phi) is 14.7. The number of anilines is 1. The lowest BCUT2D eigenvalue weighted by molar-refractivity contribution is -0.141. The number of methoxy groups -OCH3 is 1. The van der Waals surface area contributed by atoms with Gasteiger partial charge >= 0.3 is 6.09 Å². The highest BCUT2D eigenvalue weighted by Crippen LogP contribution is 2.29. The first-order valence-corrected chi connectivity index (χ1v) is 15.6. The Balaban J connectivity index is 2.56. The average Bonchev–Trinajstić information content (AvgIpc) is 2.97. The summed E-state index contributed by atoms with van der Waals surface area (Å²) >= 11 is 0. The summed E-state index contributed by atoms with van der Waals surface area (Å²) in [6.07, 6.45) is 4.59. The van der Waals surface area contributed by atoms with Gasteiger partial charge in [-0.1, -0.05) is 45.1 Å². The minimum absolute atomic E-state index is 0.0489. The number of nitrogens with zero attached hydrogens (tertiary/aromatic N) is 1. The van der Waals surface area contributed by atoms with Crippen molar-refractivity contribution in [2.24, 2.45) is 5.73 Å². The lowest BCUT2D eigenvalue weighted by Gasteiger charge is -2.35. The minimum atomic E-state index is -1.19. The number of benzene rings is 2. The second-order valence-electron chi connectivity index (χ2n) is 12.2. The van der Waals surface area contributed by atoms with Crippen LogP contribution in [0.25, 0.3) is 0 Å². The smallest absolute Gasteiger partial charge is 0.408 e. The molecule has 2 aromatic rings. The molecule has 0 saturated heterocycles. The van der Waals surface area contributed by atoms with Crippen LogP contribution in [0.5, 0.6) is 11.5 Å². The molecule has 0 fully saturated rings. The molecule has 4 amide bonds. The minimum Gasteiger partial charge on any atom is -0.508 e. The Labute approximate surface area is 266 Å². The molecule has 0 aliphatic rings. The Morgan fingerprint density at radius 1 is 0.978 bits per heavy atom. The summed E-state index contributed by atoms with van der Waals surface area (Å²) in [5.41, 5.74) is 6.08. The topological polar surface area (TPSA) is 160 Å². The number of nitrogens with one attached hydrogen (secondary N) is 2. The number of ether oxygens (including phenoxy) is 2. The number of alkyl carbamates (subject to hydrolysis) is 1. The fourth-order valence-corrected chi connectivity index (χ4v) is 4.83. The molecule has 5 N–H and O–H groups in total. The van der Waals surface area contributed by atoms with E-state index in [1.807, 2.05) is 0 Å². The molecule has 11 nitrogen and oxygen atoms in total. The number of aryl methyl sites for hydroxylation is 1. The normalized spacial score (nSPS) is 12.5. The molecule has 0 spiro atoms. The van der Waals surface area contributed by atoms with Gasteiger partial charge in [0.25, 0.3) is 5.91 Å². The van der Waals surface area contributed by atoms with Crippen LogP contribution < -0.4 is 21.1 Å². The number of rotatable bonds is 17. The lowest BCUT2D eigenvalue weighted by atomic mass is 9.98. The van der Waals surface area contributed by atoms with E-state index in [9.17, 15) is 24.3 Å². The summed E-state index contributed by atoms with van der Waals surface area (Å²) in [5.74, 6) is -1.02. The molecule has 2 rings (SSSR count). The van der Waals surface area contributed by atoms with Crippen LogP contribution >= 0.6 is 0 Å². The monoisotopic (exact) mass is 626 g/mol. The number of phenolic OH excluding ortho intramolecular Hbond substituents is 1. The first-order chi connectivity index (χ1) is 21.2. The zero-order valence-corrected chi connectivity index (χ0v) is 27.5. The first-order valence-electron chi connectivity index (χ1n) is 15.6. The zero-order chi connectivity index (χ0) is 33.6. The van der Waals surface area contributed by atoms with E-state index < -0.39 is 41.5 Å². The maximum atomic E-state index is 14.4. The summed E-state index contributed by atoms with van der Waals surface area (Å²) in [6.45, 7) is 9.14. The van der Waals surface area contributed by atoms with Gasteiger partial charge < -0.3 is 35.8 Å². The third-order valence-electron chi connectivity index (χ3n) is 7.16. The number of carbonyl (C=O) groups excluding carboxylic acids is 4. The maximum Gasteiger partial charge on any atom is 0.408 e. The quantitative estimate of drug-likeness (QED) is 0.163. The third kappa shape index (κ3) is 12.7. The Morgan fingerprint density at radius 2 is 1.62 bits per heavy atom. The fraction of sp³-hybridized carbons (Fsp3) is 0.529. The molecule has 248 valence electrons. The van der Waals surface area contributed by atoms with Gasteiger partial charge in [0.2, 0.25) is 11.8 Å². The van der Waals surface area contributed by atoms with E-state index in [-0.39, 0.29) is 25.1 Å². The summed E-state index contributed by atoms with van der Waals surface area (Å²) in [4.78, 5) is 54.5. The van der Waals surface area contributed by atoms with E-state index in [2.05, 4.69) is 17.6 Å². The van der Waals surface area contributed by atoms with E-state index in [1.54, 1.807) is 71.2 Å². The van der Waals surface area contributed by atoms with Gasteiger partial charge in [0.1, 0.15) is 29.2 Å². The fourth-order valence-electron chi connectivity index (χ4n) is 4.83. The summed E-state index contributed by atoms with van der Waals surface area (Å²) in [6, 6.07) is 9.21. The van der Waals surface area contributed by atoms with E-state index in [0.717, 1.165) is 32.1 Å². The molecule has 2 unspecified atom stereocenters. The molecule has 0 radical (unpaired) electrons. The maximum absolute atomic E-state index is 14.4. The van der Waals surface area contributed by atoms with Gasteiger partial charge in [0, 0.05) is 18.7 Å². The van der Waals surface area contributed by atoms with Crippen LogP contribution in [-0.4, -0.2) is 59.1 Å². The number of amides is 4. The Morgan fingerprint density at radius 3 is 2.20 bits per heavy atom. The van der Waals surface area contributed by atoms with Gasteiger partial charge in [0.05, 0.1) is 7.11 Å². The predicted octanol–water partition coefficient (Wildman–Crippen LogP) is 5.74. The molecule has 2 aromatic carbocycles. The van der Waals surface area contributed by atoms with Crippen molar-refractivity contribution in [2.45, 2.75) is 104 Å². The highest BCUT2D eigenvalue weighted by molar-refractivity contribution is 5.99. The van der Waals surface area contributed by atoms with Crippen molar-refractivity contribution in [1.82, 2.24) is 10.2 Å². The number of phenols is 1. The van der Waals surface area contributed by atoms with Gasteiger partial charge in [-0.05, 0) is 88.1 Å². The van der Waals surface area contributed by atoms with Crippen LogP contribution in [0.1, 0.15) is 96.2 Å². The molecule has 0 aromatic heterocycles. The molecule has 11 heteroatoms. The molecular formula is C34H50N4O7. The summed E-state index contributed by atoms with van der Waals surface area (Å²) < 4.78 is 10.6. The van der Waals surface area contributed by atoms with Gasteiger partial charge in [-0.2, -0.15) is 0 Å². The molecule has 0 bridgehead atoms. The van der Waals surface area contributed by atoms with Gasteiger partial charge in [-0.15, -0.1) is 0 Å². The largest absolute Gasteiger partial charge is 0.508 e. The van der Waals surface area contributed by atoms with Crippen molar-refractivity contribution < 1.29 is 33.8 Å². The molecule has 0 heterocycles. The van der Waals surface area contributed by atoms with Crippen molar-refractivity contribution >= 4 is 29.5 Å². The number of nitrogens with two attached hydrogens (primary N) is 1. The van der Waals surface area contributed by atoms with E-state index in [4.69, 9.17) is 15.2 Å². The van der Waals surface area contributed by atoms with Crippen LogP contribution in [0.2, 0.25) is 0 Å². The van der Waals surface area contributed by atoms with E-state index in [0.29, 0.717) is 29.0 Å². The molecule has 0 aliphatic carbocycles. The van der Waals surface area contributed by atoms with Gasteiger partial charge in [-0.3, -0.25) is 14.4 Å². The van der Waals surface area contributed by atoms with Crippen molar-refractivity contribution in [2.75, 3.05) is 19.0 Å². The summed E-state index contributed by atoms with van der Waals surface area (Å²) in [5, 5.41) is 15.8. The van der Waals surface area contributed by atoms with Gasteiger partial charge in [0.15, 0.2) is 0 Å². The van der Waals surface area contributed by atoms with Crippen molar-refractivity contribution in [1.29, 1.82) is 0 Å². The lowest BCUT2D eigenvalue weighted by Crippen LogP contribution is -2.52. The number of hydrogen-bond acceptors (Lipinski definition) is 7. The van der Waals surface area contributed by atoms with Crippen molar-refractivity contribution in [3.63, 3.8) is 0 Å². The summed E-state index contributed by atoms with van der Waals surface area (Å²) in [7, 11) is 1.54. The van der Waals surface area contributed by atoms with Crippen LogP contribution in [-0.2, 0) is 19.1 Å². The zero-order valence-electron chi connectivity index (χ0n) is 27.5. The highest BCUT2D eigenvalue weighted by Gasteiger charge is 2.36. The average molecular weight is 627 g/mol. The number of unbranched alkanes of at least 4 members (excludes halogenated alkanes) is 5. The second-order valence-corrected chi connectivity index (χ2v) is 12.2. The molecule has 2 atom stereocenters. The van der Waals surface area contributed by atoms with Crippen LogP contribution in [0, 0.1) is 6.92 Å². The molecule has 0 saturated carbocycles. The first kappa shape index (κ1) is 36.9. The number of hydrogen-bond donors (Lipinski definition) is 4. The molecule has 45 heavy (non-hydrogen) atoms. The van der Waals surface area contributed by atoms with Crippen molar-refractivity contribution in [3.05, 3.63) is 53.6 Å². The third-order valence-corrected chi connectivity index (χ3v) is 7.16. The van der Waals surface area contributed by atoms with Crippen LogP contribution in [0.4, 0.5) is 10.5 Å².